The van der Waals surface area contributed by atoms with E-state index in [1.807, 2.05) is 11.3 Å². The van der Waals surface area contributed by atoms with Crippen molar-refractivity contribution in [2.75, 3.05) is 0 Å². The van der Waals surface area contributed by atoms with E-state index in [4.69, 9.17) is 19.4 Å². The van der Waals surface area contributed by atoms with Crippen LogP contribution in [-0.4, -0.2) is 15.0 Å². The van der Waals surface area contributed by atoms with E-state index in [2.05, 4.69) is 152 Å². The Hall–Kier alpha value is -6.43. The van der Waals surface area contributed by atoms with Crippen molar-refractivity contribution in [3.05, 3.63) is 169 Å². The van der Waals surface area contributed by atoms with Gasteiger partial charge in [-0.3, -0.25) is 0 Å². The molecule has 10 aromatic rings. The third-order valence-electron chi connectivity index (χ3n) is 10.4. The van der Waals surface area contributed by atoms with E-state index in [1.54, 1.807) is 0 Å². The van der Waals surface area contributed by atoms with Gasteiger partial charge in [0.25, 0.3) is 0 Å². The molecular weight excluding hydrogens is 655 g/mol. The SMILES string of the molecule is C1=C(c2nc(-c3ccc4ccccc4c3)nc(-c3ccc4ccccc4c3)n2)c2c(oc3ccc(-c4ccc5c(c4)sc4ccccc45)cc23)CC1. The summed E-state index contributed by atoms with van der Waals surface area (Å²) in [5.41, 5.74) is 7.20. The second-order valence-corrected chi connectivity index (χ2v) is 14.6. The van der Waals surface area contributed by atoms with E-state index in [0.717, 1.165) is 68.2 Å². The minimum absolute atomic E-state index is 0.650. The molecule has 7 aromatic carbocycles. The highest BCUT2D eigenvalue weighted by Gasteiger charge is 2.25. The van der Waals surface area contributed by atoms with Gasteiger partial charge in [-0.05, 0) is 75.5 Å². The first kappa shape index (κ1) is 29.3. The van der Waals surface area contributed by atoms with Crippen LogP contribution in [0.4, 0.5) is 0 Å². The summed E-state index contributed by atoms with van der Waals surface area (Å²) in [6.45, 7) is 0. The number of furan rings is 1. The zero-order valence-corrected chi connectivity index (χ0v) is 28.8. The summed E-state index contributed by atoms with van der Waals surface area (Å²) < 4.78 is 9.16. The minimum Gasteiger partial charge on any atom is -0.460 e. The summed E-state index contributed by atoms with van der Waals surface area (Å²) >= 11 is 1.85. The Kier molecular flexibility index (Phi) is 6.51. The van der Waals surface area contributed by atoms with Crippen molar-refractivity contribution in [2.45, 2.75) is 12.8 Å². The lowest BCUT2D eigenvalue weighted by Crippen LogP contribution is -2.06. The second-order valence-electron chi connectivity index (χ2n) is 13.5. The first-order chi connectivity index (χ1) is 25.7. The standard InChI is InChI=1S/C47H29N3OS/c1-3-10-30-24-34(18-16-28(30)8-1)45-48-46(35-19-17-29-9-2-4-11-31(29)25-35)50-47(49-45)38-13-7-14-41-44(38)39-26-32(21-23-40(39)51-41)33-20-22-37-36-12-5-6-15-42(36)52-43(37)27-33/h1-6,8-13,15-27H,7,14H2. The van der Waals surface area contributed by atoms with Crippen molar-refractivity contribution >= 4 is 69.6 Å². The van der Waals surface area contributed by atoms with Gasteiger partial charge < -0.3 is 4.42 Å². The van der Waals surface area contributed by atoms with Gasteiger partial charge in [-0.2, -0.15) is 0 Å². The normalized spacial score (nSPS) is 13.0. The molecule has 1 aliphatic carbocycles. The molecule has 0 fully saturated rings. The maximum Gasteiger partial charge on any atom is 0.164 e. The van der Waals surface area contributed by atoms with Gasteiger partial charge in [-0.15, -0.1) is 11.3 Å². The topological polar surface area (TPSA) is 51.8 Å². The number of hydrogen-bond acceptors (Lipinski definition) is 5. The fraction of sp³-hybridized carbons (Fsp3) is 0.0426. The molecule has 0 saturated carbocycles. The summed E-state index contributed by atoms with van der Waals surface area (Å²) in [5.74, 6) is 2.93. The van der Waals surface area contributed by atoms with Crippen molar-refractivity contribution in [1.82, 2.24) is 15.0 Å². The Bertz CT molecular complexity index is 3000. The predicted octanol–water partition coefficient (Wildman–Crippen LogP) is 12.7. The highest BCUT2D eigenvalue weighted by Crippen LogP contribution is 2.42. The van der Waals surface area contributed by atoms with Crippen LogP contribution in [0.15, 0.2) is 156 Å². The molecule has 0 saturated heterocycles. The number of fused-ring (bicyclic) bond motifs is 8. The molecule has 3 aromatic heterocycles. The van der Waals surface area contributed by atoms with Gasteiger partial charge >= 0.3 is 0 Å². The van der Waals surface area contributed by atoms with E-state index in [9.17, 15) is 0 Å². The average molecular weight is 684 g/mol. The predicted molar refractivity (Wildman–Crippen MR) is 216 cm³/mol. The average Bonchev–Trinajstić information content (AvgIpc) is 3.78. The summed E-state index contributed by atoms with van der Waals surface area (Å²) in [5, 5.41) is 8.35. The Labute approximate surface area is 303 Å². The van der Waals surface area contributed by atoms with Crippen LogP contribution in [0.1, 0.15) is 23.6 Å². The van der Waals surface area contributed by atoms with Crippen molar-refractivity contribution in [3.63, 3.8) is 0 Å². The molecule has 1 aliphatic rings. The maximum absolute atomic E-state index is 6.56. The number of allylic oxidation sites excluding steroid dienone is 1. The lowest BCUT2D eigenvalue weighted by atomic mass is 9.92. The Balaban J connectivity index is 1.08. The zero-order chi connectivity index (χ0) is 34.2. The second kappa shape index (κ2) is 11.6. The van der Waals surface area contributed by atoms with E-state index in [-0.39, 0.29) is 0 Å². The van der Waals surface area contributed by atoms with Crippen LogP contribution in [-0.2, 0) is 6.42 Å². The fourth-order valence-corrected chi connectivity index (χ4v) is 8.91. The molecular formula is C47H29N3OS. The Morgan fingerprint density at radius 3 is 1.81 bits per heavy atom. The van der Waals surface area contributed by atoms with Crippen LogP contribution in [0, 0.1) is 0 Å². The monoisotopic (exact) mass is 683 g/mol. The van der Waals surface area contributed by atoms with Crippen molar-refractivity contribution in [1.29, 1.82) is 0 Å². The first-order valence-corrected chi connectivity index (χ1v) is 18.5. The number of thiophene rings is 1. The highest BCUT2D eigenvalue weighted by molar-refractivity contribution is 7.25. The van der Waals surface area contributed by atoms with Crippen LogP contribution in [0.2, 0.25) is 0 Å². The van der Waals surface area contributed by atoms with Gasteiger partial charge in [0.2, 0.25) is 0 Å². The molecule has 4 nitrogen and oxygen atoms in total. The minimum atomic E-state index is 0.650. The largest absolute Gasteiger partial charge is 0.460 e. The van der Waals surface area contributed by atoms with E-state index in [1.165, 1.54) is 36.5 Å². The van der Waals surface area contributed by atoms with Gasteiger partial charge in [0.05, 0.1) is 0 Å². The molecule has 5 heteroatoms. The van der Waals surface area contributed by atoms with Crippen LogP contribution < -0.4 is 0 Å². The molecule has 0 bridgehead atoms. The number of nitrogens with zero attached hydrogens (tertiary/aromatic N) is 3. The molecule has 0 unspecified atom stereocenters. The van der Waals surface area contributed by atoms with Gasteiger partial charge in [0.1, 0.15) is 11.3 Å². The maximum atomic E-state index is 6.56. The molecule has 52 heavy (non-hydrogen) atoms. The number of hydrogen-bond donors (Lipinski definition) is 0. The van der Waals surface area contributed by atoms with Crippen LogP contribution >= 0.6 is 11.3 Å². The third-order valence-corrected chi connectivity index (χ3v) is 11.5. The van der Waals surface area contributed by atoms with Gasteiger partial charge in [-0.25, -0.2) is 15.0 Å². The number of rotatable bonds is 4. The van der Waals surface area contributed by atoms with E-state index >= 15 is 0 Å². The molecule has 0 N–H and O–H groups in total. The number of aromatic nitrogens is 3. The lowest BCUT2D eigenvalue weighted by molar-refractivity contribution is 0.545. The smallest absolute Gasteiger partial charge is 0.164 e. The lowest BCUT2D eigenvalue weighted by Gasteiger charge is -2.15. The zero-order valence-electron chi connectivity index (χ0n) is 28.0. The first-order valence-electron chi connectivity index (χ1n) is 17.6. The van der Waals surface area contributed by atoms with Gasteiger partial charge in [0.15, 0.2) is 17.5 Å². The number of benzene rings is 7. The Morgan fingerprint density at radius 1 is 0.462 bits per heavy atom. The van der Waals surface area contributed by atoms with Crippen molar-refractivity contribution in [3.8, 4) is 33.9 Å². The van der Waals surface area contributed by atoms with Crippen molar-refractivity contribution in [2.24, 2.45) is 0 Å². The number of aryl methyl sites for hydroxylation is 1. The Morgan fingerprint density at radius 2 is 1.06 bits per heavy atom. The highest BCUT2D eigenvalue weighted by atomic mass is 32.1. The molecule has 11 rings (SSSR count). The van der Waals surface area contributed by atoms with Crippen molar-refractivity contribution < 1.29 is 4.42 Å². The fourth-order valence-electron chi connectivity index (χ4n) is 7.77. The third kappa shape index (κ3) is 4.78. The van der Waals surface area contributed by atoms with E-state index < -0.39 is 0 Å². The molecule has 0 amide bonds. The summed E-state index contributed by atoms with van der Waals surface area (Å²) in [7, 11) is 0. The molecule has 0 atom stereocenters. The summed E-state index contributed by atoms with van der Waals surface area (Å²) in [4.78, 5) is 15.5. The quantitative estimate of drug-likeness (QED) is 0.185. The van der Waals surface area contributed by atoms with E-state index in [0.29, 0.717) is 17.5 Å². The van der Waals surface area contributed by atoms with Crippen LogP contribution in [0.3, 0.4) is 0 Å². The van der Waals surface area contributed by atoms with Gasteiger partial charge in [-0.1, -0.05) is 115 Å². The summed E-state index contributed by atoms with van der Waals surface area (Å²) in [6.07, 6.45) is 3.95. The molecule has 0 spiro atoms. The van der Waals surface area contributed by atoms with Crippen LogP contribution in [0.25, 0.3) is 92.2 Å². The molecule has 244 valence electrons. The molecule has 0 aliphatic heterocycles. The van der Waals surface area contributed by atoms with Crippen LogP contribution in [0.5, 0.6) is 0 Å². The molecule has 3 heterocycles. The molecule has 0 radical (unpaired) electrons. The summed E-state index contributed by atoms with van der Waals surface area (Å²) in [6, 6.07) is 51.7. The van der Waals surface area contributed by atoms with Gasteiger partial charge in [0, 0.05) is 54.2 Å².